The Kier molecular flexibility index (Phi) is 2.41. The van der Waals surface area contributed by atoms with E-state index in [-0.39, 0.29) is 5.41 Å². The summed E-state index contributed by atoms with van der Waals surface area (Å²) in [5.74, 6) is 0.897. The zero-order valence-electron chi connectivity index (χ0n) is 8.48. The normalized spacial score (nSPS) is 36.5. The van der Waals surface area contributed by atoms with Crippen molar-refractivity contribution in [3.63, 3.8) is 0 Å². The Bertz CT molecular complexity index is 227. The molecule has 0 aromatic carbocycles. The van der Waals surface area contributed by atoms with Gasteiger partial charge in [0.2, 0.25) is 0 Å². The smallest absolute Gasteiger partial charge is 0.161 e. The van der Waals surface area contributed by atoms with E-state index in [0.29, 0.717) is 11.7 Å². The van der Waals surface area contributed by atoms with Crippen LogP contribution in [0.3, 0.4) is 0 Å². The first kappa shape index (κ1) is 9.50. The number of hydrogen-bond acceptors (Lipinski definition) is 1. The molecule has 68 valence electrons. The van der Waals surface area contributed by atoms with Gasteiger partial charge in [0.25, 0.3) is 0 Å². The summed E-state index contributed by atoms with van der Waals surface area (Å²) < 4.78 is 0. The summed E-state index contributed by atoms with van der Waals surface area (Å²) in [5.41, 5.74) is 1.16. The van der Waals surface area contributed by atoms with Crippen molar-refractivity contribution >= 4 is 5.78 Å². The van der Waals surface area contributed by atoms with Gasteiger partial charge in [-0.3, -0.25) is 4.79 Å². The summed E-state index contributed by atoms with van der Waals surface area (Å²) >= 11 is 0. The maximum Gasteiger partial charge on any atom is 0.161 e. The fourth-order valence-corrected chi connectivity index (χ4v) is 1.78. The van der Waals surface area contributed by atoms with Gasteiger partial charge in [-0.15, -0.1) is 0 Å². The van der Waals surface area contributed by atoms with Crippen LogP contribution in [0.2, 0.25) is 0 Å². The molecule has 1 aliphatic carbocycles. The maximum atomic E-state index is 11.6. The fourth-order valence-electron chi connectivity index (χ4n) is 1.78. The van der Waals surface area contributed by atoms with Crippen LogP contribution >= 0.6 is 0 Å². The van der Waals surface area contributed by atoms with E-state index >= 15 is 0 Å². The van der Waals surface area contributed by atoms with Crippen LogP contribution in [0.4, 0.5) is 0 Å². The number of hydrogen-bond donors (Lipinski definition) is 0. The zero-order valence-corrected chi connectivity index (χ0v) is 8.48. The number of carbonyl (C=O) groups excluding carboxylic acids is 1. The lowest BCUT2D eigenvalue weighted by Crippen LogP contribution is -2.32. The van der Waals surface area contributed by atoms with E-state index in [4.69, 9.17) is 0 Å². The predicted molar refractivity (Wildman–Crippen MR) is 50.9 cm³/mol. The third-order valence-electron chi connectivity index (χ3n) is 3.27. The van der Waals surface area contributed by atoms with Gasteiger partial charge in [0, 0.05) is 5.41 Å². The Morgan fingerprint density at radius 3 is 2.75 bits per heavy atom. The molecular weight excluding hydrogens is 148 g/mol. The van der Waals surface area contributed by atoms with Crippen molar-refractivity contribution in [2.45, 2.75) is 40.5 Å². The Labute approximate surface area is 74.9 Å². The summed E-state index contributed by atoms with van der Waals surface area (Å²) in [5, 5.41) is 0. The lowest BCUT2D eigenvalue weighted by Gasteiger charge is -2.33. The second kappa shape index (κ2) is 3.04. The molecule has 12 heavy (non-hydrogen) atoms. The van der Waals surface area contributed by atoms with Gasteiger partial charge in [0.15, 0.2) is 5.78 Å². The van der Waals surface area contributed by atoms with E-state index in [1.807, 2.05) is 6.08 Å². The van der Waals surface area contributed by atoms with Crippen molar-refractivity contribution in [3.8, 4) is 0 Å². The maximum absolute atomic E-state index is 11.6. The molecule has 0 bridgehead atoms. The van der Waals surface area contributed by atoms with Crippen LogP contribution in [0.25, 0.3) is 0 Å². The molecule has 0 saturated carbocycles. The standard InChI is InChI=1S/C11H18O/c1-5-11(4)7-9(3)8(2)6-10(11)12/h6,9H,5,7H2,1-4H3. The van der Waals surface area contributed by atoms with Crippen LogP contribution in [0.15, 0.2) is 11.6 Å². The molecule has 0 N–H and O–H groups in total. The minimum Gasteiger partial charge on any atom is -0.294 e. The highest BCUT2D eigenvalue weighted by molar-refractivity contribution is 5.96. The van der Waals surface area contributed by atoms with Gasteiger partial charge in [-0.05, 0) is 31.8 Å². The van der Waals surface area contributed by atoms with Gasteiger partial charge in [-0.1, -0.05) is 26.3 Å². The molecule has 1 nitrogen and oxygen atoms in total. The predicted octanol–water partition coefficient (Wildman–Crippen LogP) is 2.96. The first-order chi connectivity index (χ1) is 5.49. The molecule has 0 aliphatic heterocycles. The van der Waals surface area contributed by atoms with Crippen LogP contribution in [0, 0.1) is 11.3 Å². The highest BCUT2D eigenvalue weighted by Crippen LogP contribution is 2.38. The summed E-state index contributed by atoms with van der Waals surface area (Å²) in [6, 6.07) is 0. The van der Waals surface area contributed by atoms with Crippen molar-refractivity contribution in [2.24, 2.45) is 11.3 Å². The number of carbonyl (C=O) groups is 1. The highest BCUT2D eigenvalue weighted by atomic mass is 16.1. The molecule has 0 fully saturated rings. The Morgan fingerprint density at radius 2 is 2.25 bits per heavy atom. The molecule has 0 aromatic rings. The van der Waals surface area contributed by atoms with Gasteiger partial charge in [-0.2, -0.15) is 0 Å². The second-order valence-electron chi connectivity index (χ2n) is 4.27. The molecule has 0 saturated heterocycles. The quantitative estimate of drug-likeness (QED) is 0.585. The number of ketones is 1. The molecule has 0 aromatic heterocycles. The molecule has 0 amide bonds. The summed E-state index contributed by atoms with van der Waals surface area (Å²) in [7, 11) is 0. The van der Waals surface area contributed by atoms with E-state index in [0.717, 1.165) is 12.8 Å². The third-order valence-corrected chi connectivity index (χ3v) is 3.27. The molecule has 1 heteroatoms. The zero-order chi connectivity index (χ0) is 9.35. The van der Waals surface area contributed by atoms with E-state index in [1.54, 1.807) is 0 Å². The highest BCUT2D eigenvalue weighted by Gasteiger charge is 2.35. The molecule has 0 heterocycles. The van der Waals surface area contributed by atoms with Crippen LogP contribution in [0.5, 0.6) is 0 Å². The Morgan fingerprint density at radius 1 is 1.67 bits per heavy atom. The summed E-state index contributed by atoms with van der Waals surface area (Å²) in [6.07, 6.45) is 3.81. The number of allylic oxidation sites excluding steroid dienone is 2. The molecule has 2 unspecified atom stereocenters. The largest absolute Gasteiger partial charge is 0.294 e. The van der Waals surface area contributed by atoms with Crippen LogP contribution in [0.1, 0.15) is 40.5 Å². The Hall–Kier alpha value is -0.590. The minimum atomic E-state index is -0.0844. The van der Waals surface area contributed by atoms with Crippen molar-refractivity contribution in [1.82, 2.24) is 0 Å². The van der Waals surface area contributed by atoms with Crippen LogP contribution < -0.4 is 0 Å². The molecule has 0 spiro atoms. The summed E-state index contributed by atoms with van der Waals surface area (Å²) in [4.78, 5) is 11.6. The van der Waals surface area contributed by atoms with Gasteiger partial charge >= 0.3 is 0 Å². The lowest BCUT2D eigenvalue weighted by molar-refractivity contribution is -0.124. The SMILES string of the molecule is CCC1(C)CC(C)C(C)=CC1=O. The Balaban J connectivity index is 2.93. The first-order valence-electron chi connectivity index (χ1n) is 4.72. The van der Waals surface area contributed by atoms with E-state index in [2.05, 4.69) is 27.7 Å². The van der Waals surface area contributed by atoms with Gasteiger partial charge < -0.3 is 0 Å². The number of rotatable bonds is 1. The average molecular weight is 166 g/mol. The van der Waals surface area contributed by atoms with Crippen molar-refractivity contribution in [3.05, 3.63) is 11.6 Å². The van der Waals surface area contributed by atoms with E-state index in [9.17, 15) is 4.79 Å². The second-order valence-corrected chi connectivity index (χ2v) is 4.27. The lowest BCUT2D eigenvalue weighted by atomic mass is 9.70. The van der Waals surface area contributed by atoms with Crippen LogP contribution in [-0.4, -0.2) is 5.78 Å². The molecule has 0 radical (unpaired) electrons. The molecular formula is C11H18O. The fraction of sp³-hybridized carbons (Fsp3) is 0.727. The van der Waals surface area contributed by atoms with Crippen molar-refractivity contribution < 1.29 is 4.79 Å². The third kappa shape index (κ3) is 1.45. The summed E-state index contributed by atoms with van der Waals surface area (Å²) in [6.45, 7) is 8.43. The van der Waals surface area contributed by atoms with Crippen LogP contribution in [-0.2, 0) is 4.79 Å². The first-order valence-corrected chi connectivity index (χ1v) is 4.72. The van der Waals surface area contributed by atoms with Gasteiger partial charge in [-0.25, -0.2) is 0 Å². The van der Waals surface area contributed by atoms with Crippen molar-refractivity contribution in [1.29, 1.82) is 0 Å². The molecule has 1 aliphatic rings. The van der Waals surface area contributed by atoms with Crippen molar-refractivity contribution in [2.75, 3.05) is 0 Å². The minimum absolute atomic E-state index is 0.0844. The van der Waals surface area contributed by atoms with Gasteiger partial charge in [0.05, 0.1) is 0 Å². The topological polar surface area (TPSA) is 17.1 Å². The van der Waals surface area contributed by atoms with Gasteiger partial charge in [0.1, 0.15) is 0 Å². The molecule has 2 atom stereocenters. The monoisotopic (exact) mass is 166 g/mol. The van der Waals surface area contributed by atoms with E-state index in [1.165, 1.54) is 5.57 Å². The average Bonchev–Trinajstić information content (AvgIpc) is 2.01. The molecule has 1 rings (SSSR count). The van der Waals surface area contributed by atoms with E-state index < -0.39 is 0 Å².